The fourth-order valence-corrected chi connectivity index (χ4v) is 1.98. The van der Waals surface area contributed by atoms with E-state index < -0.39 is 4.92 Å². The molecule has 1 aliphatic rings. The Bertz CT molecular complexity index is 478. The minimum Gasteiger partial charge on any atom is -0.395 e. The summed E-state index contributed by atoms with van der Waals surface area (Å²) < 4.78 is 0. The van der Waals surface area contributed by atoms with Gasteiger partial charge in [-0.05, 0) is 19.3 Å². The summed E-state index contributed by atoms with van der Waals surface area (Å²) in [4.78, 5) is 20.7. The Balaban J connectivity index is 2.31. The van der Waals surface area contributed by atoms with Crippen LogP contribution < -0.4 is 10.2 Å². The van der Waals surface area contributed by atoms with Crippen LogP contribution in [0.3, 0.4) is 0 Å². The number of nitrogens with zero attached hydrogens (tertiary/aromatic N) is 4. The second-order valence-electron chi connectivity index (χ2n) is 4.73. The number of aromatic nitrogens is 2. The molecule has 2 N–H and O–H groups in total. The number of aliphatic hydroxyl groups is 1. The Morgan fingerprint density at radius 1 is 1.60 bits per heavy atom. The molecule has 1 aromatic rings. The summed E-state index contributed by atoms with van der Waals surface area (Å²) in [6, 6.07) is 0.231. The highest BCUT2D eigenvalue weighted by Crippen LogP contribution is 2.35. The molecule has 20 heavy (non-hydrogen) atoms. The summed E-state index contributed by atoms with van der Waals surface area (Å²) in [6.07, 6.45) is 4.09. The average Bonchev–Trinajstić information content (AvgIpc) is 3.26. The molecule has 0 radical (unpaired) electrons. The van der Waals surface area contributed by atoms with E-state index in [1.54, 1.807) is 4.90 Å². The van der Waals surface area contributed by atoms with Crippen molar-refractivity contribution in [2.45, 2.75) is 32.2 Å². The summed E-state index contributed by atoms with van der Waals surface area (Å²) in [5, 5.41) is 23.3. The molecule has 0 spiro atoms. The number of nitrogens with one attached hydrogen (secondary N) is 1. The van der Waals surface area contributed by atoms with Crippen molar-refractivity contribution >= 4 is 17.5 Å². The number of hydrogen-bond donors (Lipinski definition) is 2. The molecule has 0 unspecified atom stereocenters. The molecule has 2 rings (SSSR count). The van der Waals surface area contributed by atoms with Crippen molar-refractivity contribution in [2.24, 2.45) is 0 Å². The monoisotopic (exact) mass is 281 g/mol. The highest BCUT2D eigenvalue weighted by molar-refractivity contribution is 5.60. The van der Waals surface area contributed by atoms with Gasteiger partial charge in [0.25, 0.3) is 0 Å². The van der Waals surface area contributed by atoms with Crippen LogP contribution in [0.5, 0.6) is 0 Å². The van der Waals surface area contributed by atoms with E-state index >= 15 is 0 Å². The third-order valence-electron chi connectivity index (χ3n) is 3.08. The largest absolute Gasteiger partial charge is 0.395 e. The van der Waals surface area contributed by atoms with Crippen molar-refractivity contribution in [3.8, 4) is 0 Å². The predicted octanol–water partition coefficient (Wildman–Crippen LogP) is 1.17. The molecule has 0 aliphatic heterocycles. The van der Waals surface area contributed by atoms with Gasteiger partial charge in [-0.2, -0.15) is 4.98 Å². The van der Waals surface area contributed by atoms with Crippen LogP contribution in [-0.4, -0.2) is 45.7 Å². The molecule has 1 saturated carbocycles. The molecule has 0 amide bonds. The van der Waals surface area contributed by atoms with E-state index in [1.165, 1.54) is 6.20 Å². The predicted molar refractivity (Wildman–Crippen MR) is 74.9 cm³/mol. The first-order valence-corrected chi connectivity index (χ1v) is 6.80. The van der Waals surface area contributed by atoms with E-state index in [4.69, 9.17) is 5.11 Å². The van der Waals surface area contributed by atoms with Gasteiger partial charge in [-0.1, -0.05) is 6.92 Å². The molecular weight excluding hydrogens is 262 g/mol. The van der Waals surface area contributed by atoms with Gasteiger partial charge in [0.2, 0.25) is 11.8 Å². The van der Waals surface area contributed by atoms with Gasteiger partial charge in [-0.25, -0.2) is 4.98 Å². The van der Waals surface area contributed by atoms with Crippen molar-refractivity contribution in [3.05, 3.63) is 16.3 Å². The zero-order valence-electron chi connectivity index (χ0n) is 11.4. The lowest BCUT2D eigenvalue weighted by molar-refractivity contribution is -0.384. The number of rotatable bonds is 8. The molecule has 1 heterocycles. The molecule has 0 atom stereocenters. The summed E-state index contributed by atoms with van der Waals surface area (Å²) in [7, 11) is 0. The maximum atomic E-state index is 11.1. The minimum absolute atomic E-state index is 0.0601. The topological polar surface area (TPSA) is 104 Å². The van der Waals surface area contributed by atoms with Crippen LogP contribution in [0, 0.1) is 10.1 Å². The van der Waals surface area contributed by atoms with Gasteiger partial charge in [0.15, 0.2) is 0 Å². The Morgan fingerprint density at radius 3 is 2.90 bits per heavy atom. The summed E-state index contributed by atoms with van der Waals surface area (Å²) in [5.74, 6) is 0.677. The van der Waals surface area contributed by atoms with Crippen molar-refractivity contribution in [2.75, 3.05) is 29.9 Å². The van der Waals surface area contributed by atoms with Crippen LogP contribution in [0.25, 0.3) is 0 Å². The maximum Gasteiger partial charge on any atom is 0.329 e. The smallest absolute Gasteiger partial charge is 0.329 e. The highest BCUT2D eigenvalue weighted by atomic mass is 16.6. The molecule has 1 fully saturated rings. The van der Waals surface area contributed by atoms with Gasteiger partial charge in [0, 0.05) is 19.1 Å². The highest BCUT2D eigenvalue weighted by Gasteiger charge is 2.34. The lowest BCUT2D eigenvalue weighted by Gasteiger charge is -2.22. The molecule has 110 valence electrons. The van der Waals surface area contributed by atoms with Gasteiger partial charge < -0.3 is 15.3 Å². The molecule has 1 aliphatic carbocycles. The molecule has 1 aromatic heterocycles. The normalized spacial score (nSPS) is 14.1. The maximum absolute atomic E-state index is 11.1. The van der Waals surface area contributed by atoms with E-state index in [2.05, 4.69) is 15.3 Å². The third-order valence-corrected chi connectivity index (χ3v) is 3.08. The lowest BCUT2D eigenvalue weighted by Crippen LogP contribution is -2.30. The van der Waals surface area contributed by atoms with E-state index in [0.29, 0.717) is 24.9 Å². The first-order valence-electron chi connectivity index (χ1n) is 6.80. The summed E-state index contributed by atoms with van der Waals surface area (Å²) >= 11 is 0. The average molecular weight is 281 g/mol. The first-order chi connectivity index (χ1) is 9.67. The quantitative estimate of drug-likeness (QED) is 0.544. The van der Waals surface area contributed by atoms with E-state index in [0.717, 1.165) is 19.3 Å². The summed E-state index contributed by atoms with van der Waals surface area (Å²) in [6.45, 7) is 3.01. The number of anilines is 2. The molecule has 0 aromatic carbocycles. The zero-order valence-corrected chi connectivity index (χ0v) is 11.4. The molecule has 8 nitrogen and oxygen atoms in total. The van der Waals surface area contributed by atoms with Crippen LogP contribution in [0.1, 0.15) is 26.2 Å². The van der Waals surface area contributed by atoms with Gasteiger partial charge in [0.1, 0.15) is 6.20 Å². The fourth-order valence-electron chi connectivity index (χ4n) is 1.98. The van der Waals surface area contributed by atoms with Crippen molar-refractivity contribution < 1.29 is 10.0 Å². The van der Waals surface area contributed by atoms with Crippen LogP contribution in [0.2, 0.25) is 0 Å². The van der Waals surface area contributed by atoms with Crippen LogP contribution in [0.4, 0.5) is 17.5 Å². The second kappa shape index (κ2) is 6.47. The Hall–Kier alpha value is -1.96. The Morgan fingerprint density at radius 2 is 2.35 bits per heavy atom. The van der Waals surface area contributed by atoms with Crippen molar-refractivity contribution in [1.82, 2.24) is 9.97 Å². The van der Waals surface area contributed by atoms with Crippen molar-refractivity contribution in [1.29, 1.82) is 0 Å². The van der Waals surface area contributed by atoms with Gasteiger partial charge in [0.05, 0.1) is 11.5 Å². The number of nitro groups is 1. The van der Waals surface area contributed by atoms with Crippen LogP contribution >= 0.6 is 0 Å². The minimum atomic E-state index is -0.480. The van der Waals surface area contributed by atoms with E-state index in [9.17, 15) is 10.1 Å². The standard InChI is InChI=1S/C12H19N5O3/c1-2-5-13-12-14-8-10(17(19)20)11(15-12)16(6-7-18)9-3-4-9/h8-9,18H,2-7H2,1H3,(H,13,14,15). The number of hydrogen-bond acceptors (Lipinski definition) is 7. The lowest BCUT2D eigenvalue weighted by atomic mass is 10.4. The van der Waals surface area contributed by atoms with Crippen LogP contribution in [-0.2, 0) is 0 Å². The molecular formula is C12H19N5O3. The Labute approximate surface area is 117 Å². The summed E-state index contributed by atoms with van der Waals surface area (Å²) in [5.41, 5.74) is -0.118. The third kappa shape index (κ3) is 3.32. The van der Waals surface area contributed by atoms with Crippen molar-refractivity contribution in [3.63, 3.8) is 0 Å². The Kier molecular flexibility index (Phi) is 4.67. The van der Waals surface area contributed by atoms with E-state index in [1.807, 2.05) is 6.92 Å². The second-order valence-corrected chi connectivity index (χ2v) is 4.73. The molecule has 8 heteroatoms. The fraction of sp³-hybridized carbons (Fsp3) is 0.667. The van der Waals surface area contributed by atoms with Gasteiger partial charge >= 0.3 is 5.69 Å². The first kappa shape index (κ1) is 14.4. The molecule has 0 saturated heterocycles. The van der Waals surface area contributed by atoms with E-state index in [-0.39, 0.29) is 18.3 Å². The van der Waals surface area contributed by atoms with Crippen LogP contribution in [0.15, 0.2) is 6.20 Å². The van der Waals surface area contributed by atoms with Gasteiger partial charge in [-0.15, -0.1) is 0 Å². The SMILES string of the molecule is CCCNc1ncc([N+](=O)[O-])c(N(CCO)C2CC2)n1. The molecule has 0 bridgehead atoms. The zero-order chi connectivity index (χ0) is 14.5. The number of aliphatic hydroxyl groups excluding tert-OH is 1. The van der Waals surface area contributed by atoms with Gasteiger partial charge in [-0.3, -0.25) is 10.1 Å².